The number of hydrogen-bond acceptors (Lipinski definition) is 14. The lowest BCUT2D eigenvalue weighted by atomic mass is 10.0. The molecule has 4 N–H and O–H groups in total. The lowest BCUT2D eigenvalue weighted by Crippen LogP contribution is -2.30. The fourth-order valence-electron chi connectivity index (χ4n) is 9.87. The van der Waals surface area contributed by atoms with E-state index in [0.717, 1.165) is 116 Å². The first-order chi connectivity index (χ1) is 44.2. The summed E-state index contributed by atoms with van der Waals surface area (Å²) < 4.78 is 60.8. The number of unbranched alkanes of at least 4 members (excludes halogenated alkanes) is 34. The van der Waals surface area contributed by atoms with Crippen LogP contribution in [0.15, 0.2) is 72.9 Å². The van der Waals surface area contributed by atoms with Crippen LogP contribution >= 0.6 is 15.6 Å². The molecular formula is C73H132O16P2. The van der Waals surface area contributed by atoms with E-state index in [2.05, 4.69) is 93.7 Å². The molecule has 0 fully saturated rings. The summed E-state index contributed by atoms with van der Waals surface area (Å²) in [4.78, 5) is 58.2. The van der Waals surface area contributed by atoms with Crippen LogP contribution < -0.4 is 0 Å². The Kier molecular flexibility index (Phi) is 64.8. The number of phosphoric ester groups is 2. The molecule has 0 aromatic carbocycles. The SMILES string of the molecule is CC/C=C\C/C=C\C/C=C\C/C=C\C/C=C\CCCCCCCCCCCCCCCCCCCC(=O)OCC(O)COP(=O)(O)OCC(O)COP(=O)(O)OCC(COC(=O)CCCCCCC/C=C\CCCC)OC(=O)CCCCCCCCCCCCC. The van der Waals surface area contributed by atoms with Gasteiger partial charge in [0.05, 0.1) is 26.4 Å². The van der Waals surface area contributed by atoms with Gasteiger partial charge in [0.2, 0.25) is 0 Å². The van der Waals surface area contributed by atoms with Crippen molar-refractivity contribution < 1.29 is 75.8 Å². The minimum absolute atomic E-state index is 0.109. The topological polar surface area (TPSA) is 231 Å². The van der Waals surface area contributed by atoms with Crippen LogP contribution in [0.2, 0.25) is 0 Å². The maximum Gasteiger partial charge on any atom is 0.472 e. The Labute approximate surface area is 553 Å². The Morgan fingerprint density at radius 1 is 0.319 bits per heavy atom. The van der Waals surface area contributed by atoms with E-state index in [0.29, 0.717) is 19.3 Å². The summed E-state index contributed by atoms with van der Waals surface area (Å²) in [6.07, 6.45) is 71.4. The first kappa shape index (κ1) is 88.0. The zero-order chi connectivity index (χ0) is 66.7. The summed E-state index contributed by atoms with van der Waals surface area (Å²) in [6, 6.07) is 0. The van der Waals surface area contributed by atoms with Gasteiger partial charge in [0.25, 0.3) is 0 Å². The van der Waals surface area contributed by atoms with Crippen LogP contribution in [0.5, 0.6) is 0 Å². The minimum Gasteiger partial charge on any atom is -0.463 e. The molecule has 16 nitrogen and oxygen atoms in total. The lowest BCUT2D eigenvalue weighted by molar-refractivity contribution is -0.161. The van der Waals surface area contributed by atoms with E-state index in [4.69, 9.17) is 32.3 Å². The summed E-state index contributed by atoms with van der Waals surface area (Å²) in [6.45, 7) is 2.52. The van der Waals surface area contributed by atoms with Gasteiger partial charge in [-0.15, -0.1) is 0 Å². The quantitative estimate of drug-likeness (QED) is 0.0146. The van der Waals surface area contributed by atoms with Gasteiger partial charge in [-0.05, 0) is 83.5 Å². The zero-order valence-electron chi connectivity index (χ0n) is 57.5. The van der Waals surface area contributed by atoms with E-state index in [1.165, 1.54) is 141 Å². The Morgan fingerprint density at radius 3 is 0.967 bits per heavy atom. The second-order valence-electron chi connectivity index (χ2n) is 24.4. The first-order valence-electron chi connectivity index (χ1n) is 36.2. The maximum atomic E-state index is 12.8. The van der Waals surface area contributed by atoms with Crippen molar-refractivity contribution >= 4 is 33.6 Å². The highest BCUT2D eigenvalue weighted by Crippen LogP contribution is 2.45. The van der Waals surface area contributed by atoms with Crippen molar-refractivity contribution in [3.8, 4) is 0 Å². The monoisotopic (exact) mass is 1330 g/mol. The molecule has 0 bridgehead atoms. The van der Waals surface area contributed by atoms with Gasteiger partial charge in [0, 0.05) is 19.3 Å². The number of rotatable bonds is 69. The van der Waals surface area contributed by atoms with Crippen molar-refractivity contribution in [1.82, 2.24) is 0 Å². The average Bonchev–Trinajstić information content (AvgIpc) is 3.65. The van der Waals surface area contributed by atoms with E-state index in [1.807, 2.05) is 0 Å². The van der Waals surface area contributed by atoms with Crippen LogP contribution in [0.25, 0.3) is 0 Å². The van der Waals surface area contributed by atoms with Gasteiger partial charge >= 0.3 is 33.6 Å². The van der Waals surface area contributed by atoms with Crippen molar-refractivity contribution in [3.63, 3.8) is 0 Å². The second kappa shape index (κ2) is 67.0. The highest BCUT2D eigenvalue weighted by molar-refractivity contribution is 7.47. The summed E-state index contributed by atoms with van der Waals surface area (Å²) in [5.41, 5.74) is 0. The van der Waals surface area contributed by atoms with E-state index < -0.39 is 91.5 Å². The van der Waals surface area contributed by atoms with Gasteiger partial charge in [-0.1, -0.05) is 286 Å². The van der Waals surface area contributed by atoms with E-state index in [1.54, 1.807) is 0 Å². The highest BCUT2D eigenvalue weighted by Gasteiger charge is 2.29. The van der Waals surface area contributed by atoms with E-state index in [-0.39, 0.29) is 19.3 Å². The second-order valence-corrected chi connectivity index (χ2v) is 27.3. The van der Waals surface area contributed by atoms with Crippen LogP contribution in [0.3, 0.4) is 0 Å². The number of phosphoric acid groups is 2. The van der Waals surface area contributed by atoms with Gasteiger partial charge in [-0.25, -0.2) is 9.13 Å². The summed E-state index contributed by atoms with van der Waals surface area (Å²) in [7, 11) is -9.75. The number of aliphatic hydroxyl groups is 2. The third-order valence-electron chi connectivity index (χ3n) is 15.4. The molecule has 0 saturated heterocycles. The Bertz CT molecular complexity index is 1950. The number of allylic oxidation sites excluding steroid dienone is 12. The molecule has 5 atom stereocenters. The standard InChI is InChI=1S/C73H132O16P2/c1-4-7-10-13-16-19-22-23-24-25-26-27-28-29-30-31-32-33-34-35-36-37-38-39-40-41-42-43-46-48-50-53-56-59-71(76)83-62-68(74)63-85-90(79,80)86-64-69(75)65-87-91(81,82)88-67-70(89-73(78)61-58-55-52-49-45-21-18-15-12-9-6-3)66-84-72(77)60-57-54-51-47-44-20-17-14-11-8-5-2/h7,10,14,16-17,19,23-24,26-27,29-30,68-70,74-75H,4-6,8-9,11-13,15,18,20-22,25,28,31-67H2,1-3H3,(H,79,80)(H,81,82)/b10-7-,17-14-,19-16-,24-23-,27-26-,30-29-. The molecule has 0 spiro atoms. The number of esters is 3. The molecule has 0 rings (SSSR count). The van der Waals surface area contributed by atoms with Crippen LogP contribution in [0, 0.1) is 0 Å². The molecule has 0 aliphatic rings. The fraction of sp³-hybridized carbons (Fsp3) is 0.795. The average molecular weight is 1330 g/mol. The Hall–Kier alpha value is -3.01. The molecule has 0 saturated carbocycles. The first-order valence-corrected chi connectivity index (χ1v) is 39.2. The molecule has 0 aliphatic heterocycles. The fourth-order valence-corrected chi connectivity index (χ4v) is 11.5. The Balaban J connectivity index is 4.25. The molecule has 530 valence electrons. The lowest BCUT2D eigenvalue weighted by Gasteiger charge is -2.21. The predicted molar refractivity (Wildman–Crippen MR) is 372 cm³/mol. The molecule has 0 amide bonds. The molecule has 18 heteroatoms. The third kappa shape index (κ3) is 68.2. The van der Waals surface area contributed by atoms with Gasteiger partial charge in [0.15, 0.2) is 6.10 Å². The Morgan fingerprint density at radius 2 is 0.593 bits per heavy atom. The smallest absolute Gasteiger partial charge is 0.463 e. The van der Waals surface area contributed by atoms with Gasteiger partial charge < -0.3 is 34.2 Å². The summed E-state index contributed by atoms with van der Waals surface area (Å²) in [5.74, 6) is -1.57. The van der Waals surface area contributed by atoms with Crippen molar-refractivity contribution in [1.29, 1.82) is 0 Å². The summed E-state index contributed by atoms with van der Waals surface area (Å²) in [5, 5.41) is 20.5. The minimum atomic E-state index is -4.91. The van der Waals surface area contributed by atoms with Crippen molar-refractivity contribution in [2.45, 2.75) is 334 Å². The zero-order valence-corrected chi connectivity index (χ0v) is 59.3. The number of aliphatic hydroxyl groups excluding tert-OH is 2. The summed E-state index contributed by atoms with van der Waals surface area (Å²) >= 11 is 0. The van der Waals surface area contributed by atoms with Crippen molar-refractivity contribution in [2.75, 3.05) is 39.6 Å². The molecule has 0 heterocycles. The third-order valence-corrected chi connectivity index (χ3v) is 17.3. The molecule has 0 aromatic rings. The van der Waals surface area contributed by atoms with Crippen molar-refractivity contribution in [3.05, 3.63) is 72.9 Å². The number of carbonyl (C=O) groups excluding carboxylic acids is 3. The number of carbonyl (C=O) groups is 3. The molecule has 0 aromatic heterocycles. The molecule has 0 aliphatic carbocycles. The van der Waals surface area contributed by atoms with Gasteiger partial charge in [-0.3, -0.25) is 32.5 Å². The van der Waals surface area contributed by atoms with Crippen molar-refractivity contribution in [2.24, 2.45) is 0 Å². The van der Waals surface area contributed by atoms with Crippen LogP contribution in [0.1, 0.15) is 316 Å². The van der Waals surface area contributed by atoms with Crippen LogP contribution in [-0.2, 0) is 55.8 Å². The van der Waals surface area contributed by atoms with Gasteiger partial charge in [0.1, 0.15) is 25.4 Å². The number of ether oxygens (including phenoxy) is 3. The molecule has 5 unspecified atom stereocenters. The van der Waals surface area contributed by atoms with Crippen LogP contribution in [-0.4, -0.2) is 95.9 Å². The molecular weight excluding hydrogens is 1190 g/mol. The van der Waals surface area contributed by atoms with E-state index in [9.17, 15) is 43.5 Å². The maximum absolute atomic E-state index is 12.8. The number of hydrogen-bond donors (Lipinski definition) is 4. The van der Waals surface area contributed by atoms with Gasteiger partial charge in [-0.2, -0.15) is 0 Å². The molecule has 0 radical (unpaired) electrons. The van der Waals surface area contributed by atoms with Crippen LogP contribution in [0.4, 0.5) is 0 Å². The predicted octanol–water partition coefficient (Wildman–Crippen LogP) is 20.3. The van der Waals surface area contributed by atoms with E-state index >= 15 is 0 Å². The largest absolute Gasteiger partial charge is 0.472 e. The normalized spacial score (nSPS) is 14.6. The molecule has 91 heavy (non-hydrogen) atoms. The highest BCUT2D eigenvalue weighted by atomic mass is 31.2.